The largest absolute Gasteiger partial charge is 0.299 e. The van der Waals surface area contributed by atoms with Gasteiger partial charge in [0.15, 0.2) is 0 Å². The Morgan fingerprint density at radius 3 is 1.39 bits per heavy atom. The van der Waals surface area contributed by atoms with E-state index < -0.39 is 11.4 Å². The van der Waals surface area contributed by atoms with Crippen LogP contribution >= 0.6 is 0 Å². The Labute approximate surface area is 109 Å². The molecule has 0 aliphatic heterocycles. The van der Waals surface area contributed by atoms with Crippen LogP contribution in [0.5, 0.6) is 0 Å². The Morgan fingerprint density at radius 2 is 1.11 bits per heavy atom. The summed E-state index contributed by atoms with van der Waals surface area (Å²) in [7, 11) is 0. The van der Waals surface area contributed by atoms with E-state index in [1.807, 2.05) is 36.4 Å². The van der Waals surface area contributed by atoms with Crippen LogP contribution in [0.4, 0.5) is 0 Å². The first-order valence-electron chi connectivity index (χ1n) is 5.21. The number of hydrogen-bond donors (Lipinski definition) is 2. The summed E-state index contributed by atoms with van der Waals surface area (Å²) in [6.07, 6.45) is 0. The second-order valence-corrected chi connectivity index (χ2v) is 3.90. The van der Waals surface area contributed by atoms with Gasteiger partial charge in [0.25, 0.3) is 11.4 Å². The van der Waals surface area contributed by atoms with Crippen molar-refractivity contribution < 1.29 is 13.3 Å². The van der Waals surface area contributed by atoms with E-state index in [0.717, 1.165) is 5.57 Å². The van der Waals surface area contributed by atoms with Crippen molar-refractivity contribution in [1.29, 1.82) is 0 Å². The van der Waals surface area contributed by atoms with Crippen LogP contribution in [0, 0.1) is 0 Å². The zero-order chi connectivity index (χ0) is 13.4. The van der Waals surface area contributed by atoms with Crippen LogP contribution < -0.4 is 0 Å². The lowest BCUT2D eigenvalue weighted by atomic mass is 10.0. The molecule has 0 fully saturated rings. The highest BCUT2D eigenvalue weighted by Gasteiger charge is 1.99. The van der Waals surface area contributed by atoms with Crippen LogP contribution in [-0.2, 0) is 11.4 Å². The Kier molecular flexibility index (Phi) is 6.00. The molecule has 2 N–H and O–H groups in total. The fourth-order valence-electron chi connectivity index (χ4n) is 1.45. The molecule has 0 unspecified atom stereocenters. The quantitative estimate of drug-likeness (QED) is 0.815. The van der Waals surface area contributed by atoms with E-state index in [1.165, 1.54) is 11.1 Å². The van der Waals surface area contributed by atoms with Crippen LogP contribution in [0.3, 0.4) is 0 Å². The summed E-state index contributed by atoms with van der Waals surface area (Å²) in [4.78, 5) is 0. The Bertz CT molecular complexity index is 464. The summed E-state index contributed by atoms with van der Waals surface area (Å²) in [6, 6.07) is 20.5. The van der Waals surface area contributed by atoms with E-state index in [2.05, 4.69) is 30.8 Å². The molecule has 0 atom stereocenters. The van der Waals surface area contributed by atoms with E-state index in [1.54, 1.807) is 0 Å². The van der Waals surface area contributed by atoms with Crippen molar-refractivity contribution in [3.05, 3.63) is 78.4 Å². The minimum atomic E-state index is -2.61. The summed E-state index contributed by atoms with van der Waals surface area (Å²) in [6.45, 7) is 4.10. The predicted molar refractivity (Wildman–Crippen MR) is 74.4 cm³/mol. The molecule has 0 heterocycles. The Balaban J connectivity index is 0.000000357. The molecule has 0 radical (unpaired) electrons. The molecule has 2 aromatic carbocycles. The van der Waals surface area contributed by atoms with Crippen molar-refractivity contribution >= 4 is 16.9 Å². The summed E-state index contributed by atoms with van der Waals surface area (Å²) in [5.41, 5.74) is 3.43. The van der Waals surface area contributed by atoms with Gasteiger partial charge in [-0.25, -0.2) is 0 Å². The summed E-state index contributed by atoms with van der Waals surface area (Å²) < 4.78 is 22.8. The lowest BCUT2D eigenvalue weighted by molar-refractivity contribution is 0.454. The van der Waals surface area contributed by atoms with Gasteiger partial charge in [-0.3, -0.25) is 9.11 Å². The summed E-state index contributed by atoms with van der Waals surface area (Å²) in [5.74, 6) is 0. The van der Waals surface area contributed by atoms with Gasteiger partial charge >= 0.3 is 0 Å². The molecule has 0 spiro atoms. The monoisotopic (exact) mass is 262 g/mol. The smallest absolute Gasteiger partial charge is 0.284 e. The van der Waals surface area contributed by atoms with Crippen molar-refractivity contribution in [2.75, 3.05) is 0 Å². The van der Waals surface area contributed by atoms with Crippen LogP contribution in [0.15, 0.2) is 67.2 Å². The standard InChI is InChI=1S/C14H12.H2O3S/c1-12(13-8-4-2-5-9-13)14-10-6-3-7-11-14;1-4(2)3/h2-11H,1H2;(H2,1,2,3). The number of rotatable bonds is 2. The fraction of sp³-hybridized carbons (Fsp3) is 0. The molecule has 94 valence electrons. The molecule has 18 heavy (non-hydrogen) atoms. The lowest BCUT2D eigenvalue weighted by Crippen LogP contribution is -1.84. The summed E-state index contributed by atoms with van der Waals surface area (Å²) >= 11 is -2.61. The maximum absolute atomic E-state index is 8.67. The van der Waals surface area contributed by atoms with E-state index in [9.17, 15) is 0 Å². The Hall–Kier alpha value is -1.75. The lowest BCUT2D eigenvalue weighted by Gasteiger charge is -2.04. The molecule has 0 aliphatic carbocycles. The van der Waals surface area contributed by atoms with Crippen LogP contribution in [0.25, 0.3) is 5.57 Å². The molecule has 4 heteroatoms. The normalized spacial score (nSPS) is 9.50. The van der Waals surface area contributed by atoms with Gasteiger partial charge in [-0.1, -0.05) is 67.2 Å². The van der Waals surface area contributed by atoms with Gasteiger partial charge in [0.2, 0.25) is 0 Å². The van der Waals surface area contributed by atoms with E-state index in [4.69, 9.17) is 13.3 Å². The SMILES string of the molecule is C=C(c1ccccc1)c1ccccc1.O=S(O)O. The molecule has 0 saturated heterocycles. The van der Waals surface area contributed by atoms with Gasteiger partial charge in [0, 0.05) is 0 Å². The minimum Gasteiger partial charge on any atom is -0.284 e. The molecule has 0 amide bonds. The van der Waals surface area contributed by atoms with Crippen molar-refractivity contribution in [3.63, 3.8) is 0 Å². The first kappa shape index (κ1) is 14.3. The zero-order valence-electron chi connectivity index (χ0n) is 9.69. The van der Waals surface area contributed by atoms with E-state index >= 15 is 0 Å². The first-order valence-corrected chi connectivity index (χ1v) is 6.27. The molecule has 0 aromatic heterocycles. The second-order valence-electron chi connectivity index (χ2n) is 3.44. The summed E-state index contributed by atoms with van der Waals surface area (Å²) in [5, 5.41) is 0. The third kappa shape index (κ3) is 5.05. The molecule has 0 bridgehead atoms. The van der Waals surface area contributed by atoms with Crippen molar-refractivity contribution in [1.82, 2.24) is 0 Å². The van der Waals surface area contributed by atoms with E-state index in [0.29, 0.717) is 0 Å². The van der Waals surface area contributed by atoms with Gasteiger partial charge in [-0.15, -0.1) is 0 Å². The van der Waals surface area contributed by atoms with Gasteiger partial charge in [0.05, 0.1) is 0 Å². The van der Waals surface area contributed by atoms with Gasteiger partial charge in [-0.2, -0.15) is 4.21 Å². The molecule has 0 saturated carbocycles. The maximum atomic E-state index is 8.67. The highest BCUT2D eigenvalue weighted by atomic mass is 32.2. The fourth-order valence-corrected chi connectivity index (χ4v) is 1.45. The third-order valence-corrected chi connectivity index (χ3v) is 2.24. The molecule has 3 nitrogen and oxygen atoms in total. The van der Waals surface area contributed by atoms with Crippen molar-refractivity contribution in [2.45, 2.75) is 0 Å². The van der Waals surface area contributed by atoms with Gasteiger partial charge in [0.1, 0.15) is 0 Å². The number of hydrogen-bond acceptors (Lipinski definition) is 1. The molecule has 2 rings (SSSR count). The van der Waals surface area contributed by atoms with Gasteiger partial charge in [-0.05, 0) is 16.7 Å². The first-order chi connectivity index (χ1) is 8.61. The molecule has 0 aliphatic rings. The highest BCUT2D eigenvalue weighted by molar-refractivity contribution is 7.73. The zero-order valence-corrected chi connectivity index (χ0v) is 10.5. The second kappa shape index (κ2) is 7.55. The average Bonchev–Trinajstić information content (AvgIpc) is 2.39. The average molecular weight is 262 g/mol. The highest BCUT2D eigenvalue weighted by Crippen LogP contribution is 2.20. The van der Waals surface area contributed by atoms with Crippen LogP contribution in [-0.4, -0.2) is 13.3 Å². The van der Waals surface area contributed by atoms with Crippen molar-refractivity contribution in [2.24, 2.45) is 0 Å². The van der Waals surface area contributed by atoms with E-state index in [-0.39, 0.29) is 0 Å². The van der Waals surface area contributed by atoms with Gasteiger partial charge < -0.3 is 0 Å². The maximum Gasteiger partial charge on any atom is 0.299 e. The topological polar surface area (TPSA) is 57.5 Å². The molecular weight excluding hydrogens is 248 g/mol. The van der Waals surface area contributed by atoms with Crippen LogP contribution in [0.2, 0.25) is 0 Å². The number of benzene rings is 2. The predicted octanol–water partition coefficient (Wildman–Crippen LogP) is 3.43. The minimum absolute atomic E-state index is 1.08. The van der Waals surface area contributed by atoms with Crippen LogP contribution in [0.1, 0.15) is 11.1 Å². The third-order valence-electron chi connectivity index (χ3n) is 2.24. The van der Waals surface area contributed by atoms with Crippen molar-refractivity contribution in [3.8, 4) is 0 Å². The Morgan fingerprint density at radius 1 is 0.833 bits per heavy atom. The molecular formula is C14H14O3S. The molecule has 2 aromatic rings.